The molecule has 1 N–H and O–H groups in total. The molecule has 0 unspecified atom stereocenters. The normalized spacial score (nSPS) is 19.7. The average Bonchev–Trinajstić information content (AvgIpc) is 2.47. The first-order valence-electron chi connectivity index (χ1n) is 7.01. The van der Waals surface area contributed by atoms with Gasteiger partial charge in [0.05, 0.1) is 11.1 Å². The van der Waals surface area contributed by atoms with Gasteiger partial charge in [0, 0.05) is 30.2 Å². The van der Waals surface area contributed by atoms with Crippen molar-refractivity contribution in [2.24, 2.45) is 0 Å². The number of hydrogen-bond donors (Lipinski definition) is 1. The van der Waals surface area contributed by atoms with E-state index in [4.69, 9.17) is 0 Å². The van der Waals surface area contributed by atoms with Crippen LogP contribution in [0.1, 0.15) is 25.3 Å². The number of benzene rings is 1. The number of para-hydroxylation sites is 1. The smallest absolute Gasteiger partial charge is 0.0935 e. The summed E-state index contributed by atoms with van der Waals surface area (Å²) in [4.78, 5) is 6.85. The summed E-state index contributed by atoms with van der Waals surface area (Å²) in [7, 11) is 0. The van der Waals surface area contributed by atoms with E-state index < -0.39 is 5.60 Å². The van der Waals surface area contributed by atoms with Gasteiger partial charge in [0.1, 0.15) is 0 Å². The largest absolute Gasteiger partial charge is 0.385 e. The zero-order valence-electron chi connectivity index (χ0n) is 11.3. The predicted octanol–water partition coefficient (Wildman–Crippen LogP) is 2.54. The summed E-state index contributed by atoms with van der Waals surface area (Å²) in [6.45, 7) is 5.15. The molecule has 0 radical (unpaired) electrons. The zero-order valence-corrected chi connectivity index (χ0v) is 11.3. The second-order valence-corrected chi connectivity index (χ2v) is 5.38. The van der Waals surface area contributed by atoms with Gasteiger partial charge in [-0.05, 0) is 31.5 Å². The quantitative estimate of drug-likeness (QED) is 0.897. The Labute approximate surface area is 113 Å². The monoisotopic (exact) mass is 256 g/mol. The number of fused-ring (bicyclic) bond motifs is 1. The molecule has 0 amide bonds. The van der Waals surface area contributed by atoms with Gasteiger partial charge in [0.25, 0.3) is 0 Å². The number of piperidine rings is 1. The molecule has 0 saturated carbocycles. The van der Waals surface area contributed by atoms with Crippen LogP contribution in [0.5, 0.6) is 0 Å². The summed E-state index contributed by atoms with van der Waals surface area (Å²) in [5, 5.41) is 12.0. The maximum Gasteiger partial charge on any atom is 0.0935 e. The van der Waals surface area contributed by atoms with Crippen LogP contribution in [0.2, 0.25) is 0 Å². The number of nitrogens with zero attached hydrogens (tertiary/aromatic N) is 2. The van der Waals surface area contributed by atoms with Crippen LogP contribution in [0.15, 0.2) is 36.5 Å². The molecule has 100 valence electrons. The first kappa shape index (κ1) is 12.6. The Bertz CT molecular complexity index is 574. The van der Waals surface area contributed by atoms with E-state index in [2.05, 4.69) is 28.9 Å². The highest BCUT2D eigenvalue weighted by atomic mass is 16.3. The lowest BCUT2D eigenvalue weighted by Gasteiger charge is -2.38. The molecule has 1 aromatic heterocycles. The van der Waals surface area contributed by atoms with Gasteiger partial charge < -0.3 is 10.0 Å². The molecule has 3 rings (SSSR count). The number of rotatable bonds is 2. The molecule has 2 aromatic rings. The Morgan fingerprint density at radius 3 is 2.74 bits per heavy atom. The summed E-state index contributed by atoms with van der Waals surface area (Å²) in [6.07, 6.45) is 3.42. The highest BCUT2D eigenvalue weighted by Gasteiger charge is 2.33. The molecule has 0 spiro atoms. The summed E-state index contributed by atoms with van der Waals surface area (Å²) in [6, 6.07) is 10.1. The van der Waals surface area contributed by atoms with Crippen LogP contribution < -0.4 is 0 Å². The standard InChI is InChI=1S/C16H20N2O/c1-2-18-9-7-16(19,8-10-18)14-11-13-5-3-4-6-15(13)17-12-14/h3-6,11-12,19H,2,7-10H2,1H3. The molecular weight excluding hydrogens is 236 g/mol. The Kier molecular flexibility index (Phi) is 3.25. The lowest BCUT2D eigenvalue weighted by molar-refractivity contribution is -0.0248. The van der Waals surface area contributed by atoms with Crippen molar-refractivity contribution in [1.29, 1.82) is 0 Å². The van der Waals surface area contributed by atoms with Crippen LogP contribution >= 0.6 is 0 Å². The minimum absolute atomic E-state index is 0.706. The van der Waals surface area contributed by atoms with Gasteiger partial charge in [-0.25, -0.2) is 0 Å². The van der Waals surface area contributed by atoms with Crippen LogP contribution in [0.3, 0.4) is 0 Å². The van der Waals surface area contributed by atoms with Gasteiger partial charge in [-0.15, -0.1) is 0 Å². The van der Waals surface area contributed by atoms with Crippen molar-refractivity contribution in [3.63, 3.8) is 0 Å². The van der Waals surface area contributed by atoms with E-state index in [-0.39, 0.29) is 0 Å². The molecule has 1 fully saturated rings. The first-order chi connectivity index (χ1) is 9.21. The van der Waals surface area contributed by atoms with Crippen LogP contribution in [0.4, 0.5) is 0 Å². The highest BCUT2D eigenvalue weighted by molar-refractivity contribution is 5.78. The predicted molar refractivity (Wildman–Crippen MR) is 77.0 cm³/mol. The average molecular weight is 256 g/mol. The number of likely N-dealkylation sites (tertiary alicyclic amines) is 1. The fraction of sp³-hybridized carbons (Fsp3) is 0.438. The molecule has 1 aliphatic rings. The minimum atomic E-state index is -0.706. The van der Waals surface area contributed by atoms with Crippen molar-refractivity contribution in [3.8, 4) is 0 Å². The van der Waals surface area contributed by atoms with Crippen molar-refractivity contribution in [2.75, 3.05) is 19.6 Å². The van der Waals surface area contributed by atoms with Crippen LogP contribution in [0.25, 0.3) is 10.9 Å². The SMILES string of the molecule is CCN1CCC(O)(c2cnc3ccccc3c2)CC1. The number of aromatic nitrogens is 1. The van der Waals surface area contributed by atoms with Gasteiger partial charge in [-0.1, -0.05) is 25.1 Å². The first-order valence-corrected chi connectivity index (χ1v) is 7.01. The van der Waals surface area contributed by atoms with Crippen molar-refractivity contribution in [1.82, 2.24) is 9.88 Å². The third-order valence-electron chi connectivity index (χ3n) is 4.26. The van der Waals surface area contributed by atoms with Gasteiger partial charge in [-0.2, -0.15) is 0 Å². The van der Waals surface area contributed by atoms with E-state index in [1.165, 1.54) is 0 Å². The Balaban J connectivity index is 1.91. The van der Waals surface area contributed by atoms with Gasteiger partial charge in [-0.3, -0.25) is 4.98 Å². The lowest BCUT2D eigenvalue weighted by atomic mass is 9.85. The third kappa shape index (κ3) is 2.36. The number of hydrogen-bond acceptors (Lipinski definition) is 3. The van der Waals surface area contributed by atoms with Gasteiger partial charge >= 0.3 is 0 Å². The second-order valence-electron chi connectivity index (χ2n) is 5.38. The molecule has 0 atom stereocenters. The van der Waals surface area contributed by atoms with Crippen LogP contribution in [0, 0.1) is 0 Å². The van der Waals surface area contributed by atoms with E-state index in [1.807, 2.05) is 24.4 Å². The summed E-state index contributed by atoms with van der Waals surface area (Å²) in [5.74, 6) is 0. The molecule has 0 bridgehead atoms. The Hall–Kier alpha value is -1.45. The molecule has 1 aromatic carbocycles. The summed E-state index contributed by atoms with van der Waals surface area (Å²) < 4.78 is 0. The highest BCUT2D eigenvalue weighted by Crippen LogP contribution is 2.33. The van der Waals surface area contributed by atoms with Crippen LogP contribution in [-0.4, -0.2) is 34.6 Å². The van der Waals surface area contributed by atoms with Gasteiger partial charge in [0.2, 0.25) is 0 Å². The Morgan fingerprint density at radius 1 is 1.26 bits per heavy atom. The van der Waals surface area contributed by atoms with Gasteiger partial charge in [0.15, 0.2) is 0 Å². The molecule has 1 aliphatic heterocycles. The maximum atomic E-state index is 10.8. The molecule has 2 heterocycles. The van der Waals surface area contributed by atoms with Crippen molar-refractivity contribution in [2.45, 2.75) is 25.4 Å². The molecule has 3 heteroatoms. The zero-order chi connectivity index (χ0) is 13.3. The fourth-order valence-electron chi connectivity index (χ4n) is 2.85. The van der Waals surface area contributed by atoms with E-state index in [9.17, 15) is 5.11 Å². The van der Waals surface area contributed by atoms with Crippen LogP contribution in [-0.2, 0) is 5.60 Å². The lowest BCUT2D eigenvalue weighted by Crippen LogP contribution is -2.42. The molecule has 1 saturated heterocycles. The van der Waals surface area contributed by atoms with E-state index in [0.717, 1.165) is 48.9 Å². The van der Waals surface area contributed by atoms with E-state index in [0.29, 0.717) is 0 Å². The number of aliphatic hydroxyl groups is 1. The topological polar surface area (TPSA) is 36.4 Å². The van der Waals surface area contributed by atoms with Crippen molar-refractivity contribution in [3.05, 3.63) is 42.1 Å². The fourth-order valence-corrected chi connectivity index (χ4v) is 2.85. The third-order valence-corrected chi connectivity index (χ3v) is 4.26. The minimum Gasteiger partial charge on any atom is -0.385 e. The van der Waals surface area contributed by atoms with E-state index >= 15 is 0 Å². The molecular formula is C16H20N2O. The molecule has 19 heavy (non-hydrogen) atoms. The Morgan fingerprint density at radius 2 is 2.00 bits per heavy atom. The number of pyridine rings is 1. The summed E-state index contributed by atoms with van der Waals surface area (Å²) in [5.41, 5.74) is 1.24. The second kappa shape index (κ2) is 4.91. The van der Waals surface area contributed by atoms with Crippen molar-refractivity contribution >= 4 is 10.9 Å². The molecule has 3 nitrogen and oxygen atoms in total. The molecule has 0 aliphatic carbocycles. The summed E-state index contributed by atoms with van der Waals surface area (Å²) >= 11 is 0. The van der Waals surface area contributed by atoms with E-state index in [1.54, 1.807) is 0 Å². The van der Waals surface area contributed by atoms with Crippen molar-refractivity contribution < 1.29 is 5.11 Å². The maximum absolute atomic E-state index is 10.8.